The molecular formula is C20H25N5O3S. The molecule has 0 aliphatic heterocycles. The Morgan fingerprint density at radius 3 is 2.52 bits per heavy atom. The first-order valence-corrected chi connectivity index (χ1v) is 10.6. The Labute approximate surface area is 170 Å². The van der Waals surface area contributed by atoms with Crippen molar-refractivity contribution in [1.82, 2.24) is 24.1 Å². The molecule has 0 saturated heterocycles. The third-order valence-corrected chi connectivity index (χ3v) is 6.10. The first-order chi connectivity index (χ1) is 13.6. The minimum absolute atomic E-state index is 0.0863. The van der Waals surface area contributed by atoms with Crippen molar-refractivity contribution < 1.29 is 8.42 Å². The van der Waals surface area contributed by atoms with Crippen LogP contribution in [-0.2, 0) is 16.4 Å². The van der Waals surface area contributed by atoms with Gasteiger partial charge in [0.1, 0.15) is 4.90 Å². The van der Waals surface area contributed by atoms with Crippen molar-refractivity contribution in [2.24, 2.45) is 5.41 Å². The predicted molar refractivity (Wildman–Crippen MR) is 110 cm³/mol. The van der Waals surface area contributed by atoms with Crippen molar-refractivity contribution in [2.45, 2.75) is 32.1 Å². The average Bonchev–Trinajstić information content (AvgIpc) is 3.02. The maximum atomic E-state index is 12.7. The molecule has 1 N–H and O–H groups in total. The molecule has 0 radical (unpaired) electrons. The van der Waals surface area contributed by atoms with Crippen LogP contribution in [0.4, 0.5) is 0 Å². The lowest BCUT2D eigenvalue weighted by Gasteiger charge is -2.25. The molecule has 0 spiro atoms. The summed E-state index contributed by atoms with van der Waals surface area (Å²) < 4.78 is 28.1. The second-order valence-corrected chi connectivity index (χ2v) is 10.2. The van der Waals surface area contributed by atoms with Crippen LogP contribution in [0.3, 0.4) is 0 Å². The van der Waals surface area contributed by atoms with E-state index in [9.17, 15) is 13.2 Å². The Hall–Kier alpha value is -2.78. The number of H-pyrrole nitrogens is 1. The lowest BCUT2D eigenvalue weighted by Crippen LogP contribution is -2.34. The number of rotatable bonds is 6. The minimum Gasteiger partial charge on any atom is -0.296 e. The number of pyridine rings is 2. The fraction of sp³-hybridized carbons (Fsp3) is 0.350. The number of aromatic amines is 1. The molecule has 3 aromatic heterocycles. The highest BCUT2D eigenvalue weighted by Crippen LogP contribution is 2.20. The molecule has 3 heterocycles. The van der Waals surface area contributed by atoms with Gasteiger partial charge in [0.2, 0.25) is 10.0 Å². The molecule has 29 heavy (non-hydrogen) atoms. The van der Waals surface area contributed by atoms with E-state index in [1.807, 2.05) is 32.9 Å². The molecule has 0 atom stereocenters. The van der Waals surface area contributed by atoms with Crippen molar-refractivity contribution in [2.75, 3.05) is 13.6 Å². The number of hydrogen-bond donors (Lipinski definition) is 1. The van der Waals surface area contributed by atoms with E-state index in [1.165, 1.54) is 27.3 Å². The monoisotopic (exact) mass is 415 g/mol. The van der Waals surface area contributed by atoms with Gasteiger partial charge < -0.3 is 0 Å². The van der Waals surface area contributed by atoms with Crippen molar-refractivity contribution in [3.05, 3.63) is 70.5 Å². The van der Waals surface area contributed by atoms with E-state index in [1.54, 1.807) is 25.6 Å². The SMILES string of the molecule is CN(CC(C)(C)C)S(=O)(=O)c1ccc(-n2[nH]cc(Cc3cccnc3)c2=O)nc1. The molecule has 0 amide bonds. The van der Waals surface area contributed by atoms with Crippen molar-refractivity contribution in [3.63, 3.8) is 0 Å². The van der Waals surface area contributed by atoms with Gasteiger partial charge in [0.25, 0.3) is 5.56 Å². The topological polar surface area (TPSA) is 101 Å². The summed E-state index contributed by atoms with van der Waals surface area (Å²) in [7, 11) is -2.10. The largest absolute Gasteiger partial charge is 0.296 e. The van der Waals surface area contributed by atoms with Crippen LogP contribution in [0.25, 0.3) is 5.82 Å². The average molecular weight is 416 g/mol. The fourth-order valence-electron chi connectivity index (χ4n) is 3.02. The number of hydrogen-bond acceptors (Lipinski definition) is 5. The molecule has 0 aliphatic rings. The maximum Gasteiger partial charge on any atom is 0.276 e. The maximum absolute atomic E-state index is 12.7. The summed E-state index contributed by atoms with van der Waals surface area (Å²) in [6.45, 7) is 6.30. The summed E-state index contributed by atoms with van der Waals surface area (Å²) in [4.78, 5) is 21.0. The molecule has 3 aromatic rings. The number of sulfonamides is 1. The second kappa shape index (κ2) is 7.92. The normalized spacial score (nSPS) is 12.4. The number of nitrogens with one attached hydrogen (secondary N) is 1. The van der Waals surface area contributed by atoms with Gasteiger partial charge in [-0.25, -0.2) is 22.4 Å². The molecule has 9 heteroatoms. The van der Waals surface area contributed by atoms with Crippen LogP contribution >= 0.6 is 0 Å². The first-order valence-electron chi connectivity index (χ1n) is 9.19. The first kappa shape index (κ1) is 20.9. The third-order valence-electron chi connectivity index (χ3n) is 4.32. The zero-order valence-electron chi connectivity index (χ0n) is 17.0. The summed E-state index contributed by atoms with van der Waals surface area (Å²) in [5.41, 5.74) is 1.09. The van der Waals surface area contributed by atoms with E-state index in [0.29, 0.717) is 24.3 Å². The Balaban J connectivity index is 1.83. The lowest BCUT2D eigenvalue weighted by molar-refractivity contribution is 0.310. The molecule has 0 unspecified atom stereocenters. The Bertz CT molecular complexity index is 1130. The third kappa shape index (κ3) is 4.80. The van der Waals surface area contributed by atoms with E-state index >= 15 is 0 Å². The lowest BCUT2D eigenvalue weighted by atomic mass is 9.97. The zero-order chi connectivity index (χ0) is 21.2. The van der Waals surface area contributed by atoms with Crippen molar-refractivity contribution >= 4 is 10.0 Å². The summed E-state index contributed by atoms with van der Waals surface area (Å²) in [5.74, 6) is 0.324. The van der Waals surface area contributed by atoms with Crippen molar-refractivity contribution in [1.29, 1.82) is 0 Å². The number of nitrogens with zero attached hydrogens (tertiary/aromatic N) is 4. The highest BCUT2D eigenvalue weighted by atomic mass is 32.2. The molecule has 0 aliphatic carbocycles. The zero-order valence-corrected chi connectivity index (χ0v) is 17.8. The van der Waals surface area contributed by atoms with Gasteiger partial charge >= 0.3 is 0 Å². The summed E-state index contributed by atoms with van der Waals surface area (Å²) >= 11 is 0. The van der Waals surface area contributed by atoms with Crippen molar-refractivity contribution in [3.8, 4) is 5.82 Å². The van der Waals surface area contributed by atoms with Gasteiger partial charge in [0.05, 0.1) is 0 Å². The minimum atomic E-state index is -3.65. The van der Waals surface area contributed by atoms with Gasteiger partial charge in [-0.2, -0.15) is 0 Å². The smallest absolute Gasteiger partial charge is 0.276 e. The van der Waals surface area contributed by atoms with E-state index in [2.05, 4.69) is 15.1 Å². The Morgan fingerprint density at radius 2 is 1.93 bits per heavy atom. The highest BCUT2D eigenvalue weighted by molar-refractivity contribution is 7.89. The highest BCUT2D eigenvalue weighted by Gasteiger charge is 2.25. The van der Waals surface area contributed by atoms with Gasteiger partial charge in [-0.15, -0.1) is 0 Å². The molecule has 0 fully saturated rings. The van der Waals surface area contributed by atoms with Crippen LogP contribution in [0, 0.1) is 5.41 Å². The van der Waals surface area contributed by atoms with Crippen LogP contribution < -0.4 is 5.56 Å². The van der Waals surface area contributed by atoms with E-state index in [-0.39, 0.29) is 15.9 Å². The molecule has 154 valence electrons. The van der Waals surface area contributed by atoms with E-state index in [0.717, 1.165) is 5.56 Å². The predicted octanol–water partition coefficient (Wildman–Crippen LogP) is 2.21. The second-order valence-electron chi connectivity index (χ2n) is 8.15. The van der Waals surface area contributed by atoms with Gasteiger partial charge in [-0.1, -0.05) is 26.8 Å². The molecule has 3 rings (SSSR count). The summed E-state index contributed by atoms with van der Waals surface area (Å²) in [5, 5.41) is 2.88. The molecule has 0 bridgehead atoms. The summed E-state index contributed by atoms with van der Waals surface area (Å²) in [6.07, 6.45) is 6.73. The standard InChI is InChI=1S/C20H25N5O3S/c1-20(2,3)14-24(4)29(27,28)17-7-8-18(22-13-17)25-19(26)16(12-23-25)10-15-6-5-9-21-11-15/h5-9,11-13,23H,10,14H2,1-4H3. The van der Waals surface area contributed by atoms with Crippen LogP contribution in [0.5, 0.6) is 0 Å². The number of aromatic nitrogens is 4. The van der Waals surface area contributed by atoms with E-state index in [4.69, 9.17) is 0 Å². The van der Waals surface area contributed by atoms with Gasteiger partial charge in [0.15, 0.2) is 5.82 Å². The Morgan fingerprint density at radius 1 is 1.17 bits per heavy atom. The molecule has 0 aromatic carbocycles. The fourth-order valence-corrected chi connectivity index (χ4v) is 4.36. The van der Waals surface area contributed by atoms with Crippen LogP contribution in [0.1, 0.15) is 31.9 Å². The quantitative estimate of drug-likeness (QED) is 0.665. The van der Waals surface area contributed by atoms with Crippen LogP contribution in [0.2, 0.25) is 0 Å². The molecule has 8 nitrogen and oxygen atoms in total. The van der Waals surface area contributed by atoms with E-state index < -0.39 is 10.0 Å². The van der Waals surface area contributed by atoms with Crippen LogP contribution in [0.15, 0.2) is 58.7 Å². The molecular weight excluding hydrogens is 390 g/mol. The van der Waals surface area contributed by atoms with Gasteiger partial charge in [-0.3, -0.25) is 14.9 Å². The Kier molecular flexibility index (Phi) is 5.72. The van der Waals surface area contributed by atoms with Crippen LogP contribution in [-0.4, -0.2) is 46.1 Å². The van der Waals surface area contributed by atoms with Gasteiger partial charge in [0, 0.05) is 50.4 Å². The molecule has 0 saturated carbocycles. The summed E-state index contributed by atoms with van der Waals surface area (Å²) in [6, 6.07) is 6.70. The van der Waals surface area contributed by atoms with Gasteiger partial charge in [-0.05, 0) is 29.2 Å².